The molecule has 1 fully saturated rings. The van der Waals surface area contributed by atoms with Crippen molar-refractivity contribution in [3.05, 3.63) is 22.4 Å². The number of nitrogens with one attached hydrogen (secondary N) is 1. The van der Waals surface area contributed by atoms with Crippen molar-refractivity contribution in [3.8, 4) is 0 Å². The van der Waals surface area contributed by atoms with E-state index >= 15 is 0 Å². The second-order valence-electron chi connectivity index (χ2n) is 5.17. The van der Waals surface area contributed by atoms with Gasteiger partial charge >= 0.3 is 0 Å². The first-order valence-electron chi connectivity index (χ1n) is 6.99. The highest BCUT2D eigenvalue weighted by atomic mass is 79.9. The van der Waals surface area contributed by atoms with Gasteiger partial charge in [0, 0.05) is 24.3 Å². The Balaban J connectivity index is 1.67. The van der Waals surface area contributed by atoms with Crippen molar-refractivity contribution in [2.24, 2.45) is 7.05 Å². The Bertz CT molecular complexity index is 424. The average Bonchev–Trinajstić information content (AvgIpc) is 2.75. The lowest BCUT2D eigenvalue weighted by Crippen LogP contribution is -2.33. The number of rotatable bonds is 5. The van der Waals surface area contributed by atoms with Gasteiger partial charge in [0.15, 0.2) is 0 Å². The minimum atomic E-state index is 0.00634. The number of hydrogen-bond acceptors (Lipinski definition) is 2. The summed E-state index contributed by atoms with van der Waals surface area (Å²) in [5.74, 6) is 0.00634. The molecule has 0 unspecified atom stereocenters. The molecule has 5 heteroatoms. The molecule has 1 amide bonds. The second kappa shape index (κ2) is 7.10. The highest BCUT2D eigenvalue weighted by Crippen LogP contribution is 2.13. The summed E-state index contributed by atoms with van der Waals surface area (Å²) in [6, 6.07) is 1.85. The average molecular weight is 328 g/mol. The van der Waals surface area contributed by atoms with E-state index in [-0.39, 0.29) is 5.91 Å². The predicted molar refractivity (Wildman–Crippen MR) is 80.4 cm³/mol. The van der Waals surface area contributed by atoms with Gasteiger partial charge < -0.3 is 14.8 Å². The van der Waals surface area contributed by atoms with Gasteiger partial charge in [-0.15, -0.1) is 0 Å². The fourth-order valence-electron chi connectivity index (χ4n) is 2.53. The van der Waals surface area contributed by atoms with Crippen LogP contribution >= 0.6 is 15.9 Å². The SMILES string of the molecule is Cn1cc(Br)cc1C(=O)NCCCN1CCCCC1. The molecule has 0 radical (unpaired) electrons. The summed E-state index contributed by atoms with van der Waals surface area (Å²) in [7, 11) is 1.88. The number of piperidine rings is 1. The van der Waals surface area contributed by atoms with E-state index in [0.717, 1.165) is 24.0 Å². The summed E-state index contributed by atoms with van der Waals surface area (Å²) < 4.78 is 2.78. The van der Waals surface area contributed by atoms with Crippen molar-refractivity contribution in [3.63, 3.8) is 0 Å². The Morgan fingerprint density at radius 2 is 2.11 bits per heavy atom. The van der Waals surface area contributed by atoms with Crippen molar-refractivity contribution >= 4 is 21.8 Å². The third-order valence-corrected chi connectivity index (χ3v) is 4.02. The third kappa shape index (κ3) is 4.35. The molecule has 0 atom stereocenters. The maximum Gasteiger partial charge on any atom is 0.267 e. The van der Waals surface area contributed by atoms with Gasteiger partial charge in [-0.2, -0.15) is 0 Å². The largest absolute Gasteiger partial charge is 0.351 e. The maximum absolute atomic E-state index is 12.0. The van der Waals surface area contributed by atoms with E-state index in [4.69, 9.17) is 0 Å². The molecule has 4 nitrogen and oxygen atoms in total. The van der Waals surface area contributed by atoms with Crippen LogP contribution in [0.5, 0.6) is 0 Å². The van der Waals surface area contributed by atoms with Crippen LogP contribution in [0, 0.1) is 0 Å². The predicted octanol–water partition coefficient (Wildman–Crippen LogP) is 2.39. The first kappa shape index (κ1) is 14.6. The molecule has 0 spiro atoms. The van der Waals surface area contributed by atoms with E-state index in [1.165, 1.54) is 32.4 Å². The molecule has 19 heavy (non-hydrogen) atoms. The van der Waals surface area contributed by atoms with E-state index in [9.17, 15) is 4.79 Å². The molecule has 1 saturated heterocycles. The smallest absolute Gasteiger partial charge is 0.267 e. The van der Waals surface area contributed by atoms with Crippen LogP contribution in [0.2, 0.25) is 0 Å². The third-order valence-electron chi connectivity index (χ3n) is 3.59. The maximum atomic E-state index is 12.0. The normalized spacial score (nSPS) is 16.5. The molecule has 1 aliphatic rings. The zero-order valence-corrected chi connectivity index (χ0v) is 13.1. The van der Waals surface area contributed by atoms with Gasteiger partial charge in [-0.1, -0.05) is 6.42 Å². The molecule has 1 aromatic heterocycles. The number of nitrogens with zero attached hydrogens (tertiary/aromatic N) is 2. The van der Waals surface area contributed by atoms with Gasteiger partial charge in [-0.25, -0.2) is 0 Å². The summed E-state index contributed by atoms with van der Waals surface area (Å²) in [6.07, 6.45) is 6.93. The van der Waals surface area contributed by atoms with Crippen LogP contribution in [-0.2, 0) is 7.05 Å². The lowest BCUT2D eigenvalue weighted by molar-refractivity contribution is 0.0943. The van der Waals surface area contributed by atoms with Crippen molar-refractivity contribution in [1.29, 1.82) is 0 Å². The number of likely N-dealkylation sites (tertiary alicyclic amines) is 1. The Labute approximate surface area is 123 Å². The van der Waals surface area contributed by atoms with Crippen LogP contribution in [0.4, 0.5) is 0 Å². The van der Waals surface area contributed by atoms with Crippen LogP contribution in [-0.4, -0.2) is 41.6 Å². The van der Waals surface area contributed by atoms with Gasteiger partial charge in [0.25, 0.3) is 5.91 Å². The number of aromatic nitrogens is 1. The standard InChI is InChI=1S/C14H22BrN3O/c1-17-11-12(15)10-13(17)14(19)16-6-5-9-18-7-3-2-4-8-18/h10-11H,2-9H2,1H3,(H,16,19). The van der Waals surface area contributed by atoms with Gasteiger partial charge in [0.2, 0.25) is 0 Å². The van der Waals surface area contributed by atoms with E-state index in [1.807, 2.05) is 23.9 Å². The zero-order chi connectivity index (χ0) is 13.7. The molecule has 2 rings (SSSR count). The lowest BCUT2D eigenvalue weighted by atomic mass is 10.1. The molecule has 1 aliphatic heterocycles. The van der Waals surface area contributed by atoms with E-state index in [2.05, 4.69) is 26.1 Å². The zero-order valence-electron chi connectivity index (χ0n) is 11.5. The Morgan fingerprint density at radius 3 is 2.74 bits per heavy atom. The van der Waals surface area contributed by atoms with E-state index in [1.54, 1.807) is 0 Å². The minimum Gasteiger partial charge on any atom is -0.351 e. The van der Waals surface area contributed by atoms with E-state index < -0.39 is 0 Å². The summed E-state index contributed by atoms with van der Waals surface area (Å²) in [5, 5.41) is 2.99. The van der Waals surface area contributed by atoms with Gasteiger partial charge in [-0.3, -0.25) is 4.79 Å². The Hall–Kier alpha value is -0.810. The van der Waals surface area contributed by atoms with Crippen LogP contribution in [0.3, 0.4) is 0 Å². The molecular weight excluding hydrogens is 306 g/mol. The molecule has 0 aliphatic carbocycles. The van der Waals surface area contributed by atoms with Gasteiger partial charge in [-0.05, 0) is 60.9 Å². The van der Waals surface area contributed by atoms with Crippen LogP contribution in [0.15, 0.2) is 16.7 Å². The fraction of sp³-hybridized carbons (Fsp3) is 0.643. The highest BCUT2D eigenvalue weighted by Gasteiger charge is 2.11. The van der Waals surface area contributed by atoms with E-state index in [0.29, 0.717) is 5.69 Å². The molecule has 0 bridgehead atoms. The number of aryl methyl sites for hydroxylation is 1. The van der Waals surface area contributed by atoms with Crippen molar-refractivity contribution in [1.82, 2.24) is 14.8 Å². The topological polar surface area (TPSA) is 37.3 Å². The van der Waals surface area contributed by atoms with Crippen molar-refractivity contribution < 1.29 is 4.79 Å². The highest BCUT2D eigenvalue weighted by molar-refractivity contribution is 9.10. The Morgan fingerprint density at radius 1 is 1.37 bits per heavy atom. The Kier molecular flexibility index (Phi) is 5.45. The summed E-state index contributed by atoms with van der Waals surface area (Å²) in [6.45, 7) is 4.28. The molecule has 0 aromatic carbocycles. The summed E-state index contributed by atoms with van der Waals surface area (Å²) >= 11 is 3.38. The van der Waals surface area contributed by atoms with Crippen molar-refractivity contribution in [2.45, 2.75) is 25.7 Å². The molecule has 2 heterocycles. The number of carbonyl (C=O) groups excluding carboxylic acids is 1. The minimum absolute atomic E-state index is 0.00634. The second-order valence-corrected chi connectivity index (χ2v) is 6.08. The number of carbonyl (C=O) groups is 1. The van der Waals surface area contributed by atoms with Crippen LogP contribution < -0.4 is 5.32 Å². The monoisotopic (exact) mass is 327 g/mol. The first-order valence-corrected chi connectivity index (χ1v) is 7.78. The van der Waals surface area contributed by atoms with Crippen LogP contribution in [0.25, 0.3) is 0 Å². The molecule has 1 aromatic rings. The fourth-order valence-corrected chi connectivity index (χ4v) is 3.05. The summed E-state index contributed by atoms with van der Waals surface area (Å²) in [4.78, 5) is 14.5. The molecular formula is C14H22BrN3O. The van der Waals surface area contributed by atoms with Gasteiger partial charge in [0.1, 0.15) is 5.69 Å². The molecule has 1 N–H and O–H groups in total. The molecule has 0 saturated carbocycles. The van der Waals surface area contributed by atoms with Gasteiger partial charge in [0.05, 0.1) is 0 Å². The number of hydrogen-bond donors (Lipinski definition) is 1. The van der Waals surface area contributed by atoms with Crippen LogP contribution in [0.1, 0.15) is 36.2 Å². The molecule has 106 valence electrons. The summed E-state index contributed by atoms with van der Waals surface area (Å²) in [5.41, 5.74) is 0.699. The number of amides is 1. The number of halogens is 1. The quantitative estimate of drug-likeness (QED) is 0.843. The lowest BCUT2D eigenvalue weighted by Gasteiger charge is -2.26. The van der Waals surface area contributed by atoms with Crippen molar-refractivity contribution in [2.75, 3.05) is 26.2 Å². The first-order chi connectivity index (χ1) is 9.16.